The average Bonchev–Trinajstić information content (AvgIpc) is 3.77. The van der Waals surface area contributed by atoms with Crippen LogP contribution in [0.15, 0.2) is 152 Å². The summed E-state index contributed by atoms with van der Waals surface area (Å²) in [5.41, 5.74) is 7.57. The number of pyridine rings is 1. The van der Waals surface area contributed by atoms with Crippen LogP contribution >= 0.6 is 0 Å². The molecule has 0 aliphatic heterocycles. The van der Waals surface area contributed by atoms with Gasteiger partial charge in [-0.3, -0.25) is 4.68 Å². The van der Waals surface area contributed by atoms with Crippen LogP contribution < -0.4 is 14.2 Å². The van der Waals surface area contributed by atoms with E-state index in [0.717, 1.165) is 72.9 Å². The first-order valence-electron chi connectivity index (χ1n) is 18.9. The topological polar surface area (TPSA) is 63.3 Å². The zero-order chi connectivity index (χ0) is 38.0. The number of hydrogen-bond donors (Lipinski definition) is 0. The van der Waals surface area contributed by atoms with Gasteiger partial charge in [0.25, 0.3) is 0 Å². The fourth-order valence-corrected chi connectivity index (χ4v) is 7.28. The summed E-state index contributed by atoms with van der Waals surface area (Å²) in [7, 11) is 0. The zero-order valence-electron chi connectivity index (χ0n) is 31.7. The van der Waals surface area contributed by atoms with Crippen LogP contribution in [-0.2, 0) is 33.9 Å². The van der Waals surface area contributed by atoms with Crippen molar-refractivity contribution in [2.75, 3.05) is 0 Å². The number of hydrogen-bond acceptors (Lipinski definition) is 5. The Hall–Kier alpha value is -6.43. The molecule has 7 nitrogen and oxygen atoms in total. The Morgan fingerprint density at radius 3 is 1.95 bits per heavy atom. The van der Waals surface area contributed by atoms with Crippen molar-refractivity contribution in [2.45, 2.75) is 33.6 Å². The molecule has 0 bridgehead atoms. The maximum absolute atomic E-state index is 6.58. The summed E-state index contributed by atoms with van der Waals surface area (Å²) in [5, 5.41) is 7.41. The third-order valence-electron chi connectivity index (χ3n) is 9.79. The molecule has 282 valence electrons. The molecule has 0 saturated heterocycles. The normalized spacial score (nSPS) is 11.1. The molecule has 6 aromatic carbocycles. The minimum atomic E-state index is 0. The summed E-state index contributed by atoms with van der Waals surface area (Å²) < 4.78 is 23.8. The van der Waals surface area contributed by atoms with E-state index in [0.29, 0.717) is 35.8 Å². The summed E-state index contributed by atoms with van der Waals surface area (Å²) >= 11 is 0. The number of benzene rings is 6. The number of fused-ring (bicyclic) bond motifs is 3. The second-order valence-electron chi connectivity index (χ2n) is 13.5. The molecule has 3 heterocycles. The van der Waals surface area contributed by atoms with Gasteiger partial charge in [0.05, 0.1) is 11.3 Å². The summed E-state index contributed by atoms with van der Waals surface area (Å²) in [5.74, 6) is 4.78. The molecule has 8 heteroatoms. The number of rotatable bonds is 11. The van der Waals surface area contributed by atoms with E-state index < -0.39 is 0 Å². The molecule has 0 amide bonds. The number of ether oxygens (including phenoxy) is 3. The van der Waals surface area contributed by atoms with E-state index >= 15 is 0 Å². The molecular formula is C49H38N4O3Pt. The molecule has 0 saturated carbocycles. The molecule has 0 radical (unpaired) electrons. The van der Waals surface area contributed by atoms with Gasteiger partial charge in [-0.2, -0.15) is 17.2 Å². The predicted molar refractivity (Wildman–Crippen MR) is 222 cm³/mol. The van der Waals surface area contributed by atoms with Gasteiger partial charge in [0.1, 0.15) is 28.8 Å². The molecular weight excluding hydrogens is 888 g/mol. The smallest absolute Gasteiger partial charge is 0.509 e. The number of aromatic nitrogens is 4. The monoisotopic (exact) mass is 925 g/mol. The summed E-state index contributed by atoms with van der Waals surface area (Å²) in [6.45, 7) is 6.33. The predicted octanol–water partition coefficient (Wildman–Crippen LogP) is 12.4. The summed E-state index contributed by atoms with van der Waals surface area (Å²) in [6, 6.07) is 55.0. The molecule has 0 N–H and O–H groups in total. The zero-order valence-corrected chi connectivity index (χ0v) is 34.0. The van der Waals surface area contributed by atoms with Crippen molar-refractivity contribution < 1.29 is 35.3 Å². The van der Waals surface area contributed by atoms with Gasteiger partial charge in [0.15, 0.2) is 0 Å². The number of para-hydroxylation sites is 3. The van der Waals surface area contributed by atoms with Gasteiger partial charge in [0, 0.05) is 34.5 Å². The SMILES string of the molecule is CCc1nn(-c2[c-]c(Oc3[c-]c4c(cc3)c3ccccc3n4-c3cc(C)ccn3)ccc2)c(CC)c1-c1c(Oc2ccccc2)cccc1Oc1ccccc1.[Pt+2]. The number of aryl methyl sites for hydroxylation is 2. The molecule has 0 unspecified atom stereocenters. The van der Waals surface area contributed by atoms with Crippen LogP contribution in [0.5, 0.6) is 34.5 Å². The van der Waals surface area contributed by atoms with E-state index in [1.54, 1.807) is 0 Å². The maximum atomic E-state index is 6.58. The number of nitrogens with zero attached hydrogens (tertiary/aromatic N) is 4. The Balaban J connectivity index is 0.00000455. The summed E-state index contributed by atoms with van der Waals surface area (Å²) in [4.78, 5) is 4.72. The third kappa shape index (κ3) is 7.35. The van der Waals surface area contributed by atoms with E-state index in [1.165, 1.54) is 0 Å². The minimum absolute atomic E-state index is 0. The van der Waals surface area contributed by atoms with Gasteiger partial charge in [-0.15, -0.1) is 35.7 Å². The first kappa shape index (κ1) is 37.5. The molecule has 3 aromatic heterocycles. The Morgan fingerprint density at radius 1 is 0.596 bits per heavy atom. The van der Waals surface area contributed by atoms with Crippen LogP contribution in [0.3, 0.4) is 0 Å². The molecule has 9 aromatic rings. The van der Waals surface area contributed by atoms with Crippen LogP contribution in [0.2, 0.25) is 0 Å². The molecule has 57 heavy (non-hydrogen) atoms. The van der Waals surface area contributed by atoms with Crippen LogP contribution in [0, 0.1) is 19.1 Å². The first-order chi connectivity index (χ1) is 27.6. The van der Waals surface area contributed by atoms with Crippen LogP contribution in [0.1, 0.15) is 30.8 Å². The molecule has 0 aliphatic rings. The van der Waals surface area contributed by atoms with Crippen molar-refractivity contribution in [2.24, 2.45) is 0 Å². The second kappa shape index (κ2) is 16.3. The fourth-order valence-electron chi connectivity index (χ4n) is 7.28. The van der Waals surface area contributed by atoms with Crippen molar-refractivity contribution in [3.63, 3.8) is 0 Å². The molecule has 0 aliphatic carbocycles. The second-order valence-corrected chi connectivity index (χ2v) is 13.5. The van der Waals surface area contributed by atoms with Gasteiger partial charge in [-0.05, 0) is 91.0 Å². The molecule has 9 rings (SSSR count). The minimum Gasteiger partial charge on any atom is -0.509 e. The van der Waals surface area contributed by atoms with Crippen molar-refractivity contribution in [3.05, 3.63) is 181 Å². The van der Waals surface area contributed by atoms with Crippen molar-refractivity contribution >= 4 is 21.8 Å². The largest absolute Gasteiger partial charge is 2.00 e. The van der Waals surface area contributed by atoms with Gasteiger partial charge in [-0.1, -0.05) is 80.0 Å². The average molecular weight is 926 g/mol. The standard InChI is InChI=1S/C49H38N4O3.Pt/c1-4-41-48(49-45(55-35-17-8-6-9-18-35)24-15-25-46(49)56-36-19-10-7-11-20-36)42(5-2)53(51-41)34-16-14-21-37(31-34)54-38-26-27-40-39-22-12-13-23-43(39)52(44(40)32-38)47-30-33(3)28-29-50-47;/h6-30H,4-5H2,1-3H3;/q-2;+2. The summed E-state index contributed by atoms with van der Waals surface area (Å²) in [6.07, 6.45) is 3.22. The molecule has 0 spiro atoms. The van der Waals surface area contributed by atoms with E-state index in [9.17, 15) is 0 Å². The van der Waals surface area contributed by atoms with Gasteiger partial charge in [-0.25, -0.2) is 4.98 Å². The quantitative estimate of drug-likeness (QED) is 0.121. The van der Waals surface area contributed by atoms with E-state index in [2.05, 4.69) is 67.8 Å². The van der Waals surface area contributed by atoms with Crippen molar-refractivity contribution in [1.29, 1.82) is 0 Å². The Kier molecular flexibility index (Phi) is 10.8. The Bertz CT molecular complexity index is 2770. The van der Waals surface area contributed by atoms with E-state index in [-0.39, 0.29) is 21.1 Å². The Morgan fingerprint density at radius 2 is 1.26 bits per heavy atom. The first-order valence-corrected chi connectivity index (χ1v) is 18.9. The van der Waals surface area contributed by atoms with Gasteiger partial charge < -0.3 is 18.8 Å². The van der Waals surface area contributed by atoms with Gasteiger partial charge >= 0.3 is 21.1 Å². The Labute approximate surface area is 346 Å². The fraction of sp³-hybridized carbons (Fsp3) is 0.102. The van der Waals surface area contributed by atoms with Crippen LogP contribution in [-0.4, -0.2) is 19.3 Å². The third-order valence-corrected chi connectivity index (χ3v) is 9.79. The van der Waals surface area contributed by atoms with Gasteiger partial charge in [0.2, 0.25) is 0 Å². The molecule has 0 atom stereocenters. The maximum Gasteiger partial charge on any atom is 2.00 e. The van der Waals surface area contributed by atoms with E-state index in [4.69, 9.17) is 24.3 Å². The van der Waals surface area contributed by atoms with E-state index in [1.807, 2.05) is 126 Å². The van der Waals surface area contributed by atoms with Crippen molar-refractivity contribution in [1.82, 2.24) is 19.3 Å². The van der Waals surface area contributed by atoms with Crippen LogP contribution in [0.25, 0.3) is 44.4 Å². The molecule has 0 fully saturated rings. The van der Waals surface area contributed by atoms with Crippen LogP contribution in [0.4, 0.5) is 0 Å². The van der Waals surface area contributed by atoms with Crippen molar-refractivity contribution in [3.8, 4) is 57.1 Å².